The summed E-state index contributed by atoms with van der Waals surface area (Å²) in [4.78, 5) is 11.1. The van der Waals surface area contributed by atoms with Crippen LogP contribution in [-0.2, 0) is 11.2 Å². The van der Waals surface area contributed by atoms with Crippen molar-refractivity contribution >= 4 is 23.2 Å². The number of hydrogen-bond acceptors (Lipinski definition) is 2. The normalized spacial score (nSPS) is 10.4. The maximum atomic E-state index is 11.1. The Morgan fingerprint density at radius 3 is 2.38 bits per heavy atom. The molecule has 26 heavy (non-hydrogen) atoms. The van der Waals surface area contributed by atoms with Gasteiger partial charge in [0.2, 0.25) is 5.91 Å². The monoisotopic (exact) mass is 365 g/mol. The number of anilines is 1. The van der Waals surface area contributed by atoms with Gasteiger partial charge in [-0.1, -0.05) is 41.9 Å². The number of nitrogens with one attached hydrogen (secondary N) is 1. The number of halogens is 1. The smallest absolute Gasteiger partial charge is 0.221 e. The predicted octanol–water partition coefficient (Wildman–Crippen LogP) is 5.56. The molecule has 0 bridgehead atoms. The maximum absolute atomic E-state index is 11.1. The van der Waals surface area contributed by atoms with Gasteiger partial charge in [0.15, 0.2) is 0 Å². The van der Waals surface area contributed by atoms with E-state index in [2.05, 4.69) is 17.4 Å². The SMILES string of the molecule is COc1ccc(Cc2ccc(NC(C)=O)cc2)cc1-c1cccc(Cl)c1. The number of rotatable bonds is 5. The van der Waals surface area contributed by atoms with Crippen molar-refractivity contribution in [1.82, 2.24) is 0 Å². The lowest BCUT2D eigenvalue weighted by Crippen LogP contribution is -2.05. The van der Waals surface area contributed by atoms with Crippen LogP contribution in [-0.4, -0.2) is 13.0 Å². The van der Waals surface area contributed by atoms with Crippen molar-refractivity contribution in [3.05, 3.63) is 82.9 Å². The van der Waals surface area contributed by atoms with Gasteiger partial charge in [-0.15, -0.1) is 0 Å². The van der Waals surface area contributed by atoms with E-state index in [0.29, 0.717) is 5.02 Å². The highest BCUT2D eigenvalue weighted by molar-refractivity contribution is 6.30. The Labute approximate surface area is 158 Å². The zero-order valence-electron chi connectivity index (χ0n) is 14.8. The third-order valence-corrected chi connectivity index (χ3v) is 4.32. The third-order valence-electron chi connectivity index (χ3n) is 4.08. The van der Waals surface area contributed by atoms with Gasteiger partial charge < -0.3 is 10.1 Å². The molecule has 0 unspecified atom stereocenters. The van der Waals surface area contributed by atoms with Gasteiger partial charge in [-0.3, -0.25) is 4.79 Å². The van der Waals surface area contributed by atoms with Crippen LogP contribution in [0.5, 0.6) is 5.75 Å². The number of hydrogen-bond donors (Lipinski definition) is 1. The van der Waals surface area contributed by atoms with Crippen LogP contribution in [0.1, 0.15) is 18.1 Å². The van der Waals surface area contributed by atoms with Gasteiger partial charge in [-0.25, -0.2) is 0 Å². The van der Waals surface area contributed by atoms with E-state index in [-0.39, 0.29) is 5.91 Å². The molecular weight excluding hydrogens is 346 g/mol. The number of carbonyl (C=O) groups is 1. The second-order valence-corrected chi connectivity index (χ2v) is 6.54. The van der Waals surface area contributed by atoms with Gasteiger partial charge in [-0.05, 0) is 59.5 Å². The molecule has 3 aromatic rings. The highest BCUT2D eigenvalue weighted by atomic mass is 35.5. The van der Waals surface area contributed by atoms with Crippen LogP contribution in [0, 0.1) is 0 Å². The summed E-state index contributed by atoms with van der Waals surface area (Å²) in [5.41, 5.74) is 5.18. The maximum Gasteiger partial charge on any atom is 0.221 e. The molecule has 3 nitrogen and oxygen atoms in total. The van der Waals surface area contributed by atoms with Crippen LogP contribution >= 0.6 is 11.6 Å². The number of carbonyl (C=O) groups excluding carboxylic acids is 1. The van der Waals surface area contributed by atoms with Crippen LogP contribution in [0.3, 0.4) is 0 Å². The molecule has 0 aliphatic heterocycles. The Balaban J connectivity index is 1.87. The number of benzene rings is 3. The van der Waals surface area contributed by atoms with Gasteiger partial charge in [-0.2, -0.15) is 0 Å². The van der Waals surface area contributed by atoms with Gasteiger partial charge >= 0.3 is 0 Å². The Kier molecular flexibility index (Phi) is 5.59. The Morgan fingerprint density at radius 1 is 1.00 bits per heavy atom. The van der Waals surface area contributed by atoms with Gasteiger partial charge in [0.05, 0.1) is 7.11 Å². The molecule has 0 saturated carbocycles. The van der Waals surface area contributed by atoms with E-state index >= 15 is 0 Å². The topological polar surface area (TPSA) is 38.3 Å². The average Bonchev–Trinajstić information content (AvgIpc) is 2.63. The fraction of sp³-hybridized carbons (Fsp3) is 0.136. The molecule has 0 aromatic heterocycles. The second kappa shape index (κ2) is 8.07. The van der Waals surface area contributed by atoms with E-state index in [1.165, 1.54) is 18.1 Å². The first-order chi connectivity index (χ1) is 12.5. The first-order valence-corrected chi connectivity index (χ1v) is 8.72. The summed E-state index contributed by atoms with van der Waals surface area (Å²) >= 11 is 6.14. The summed E-state index contributed by atoms with van der Waals surface area (Å²) in [6.45, 7) is 1.50. The molecule has 0 fully saturated rings. The van der Waals surface area contributed by atoms with Crippen molar-refractivity contribution in [2.24, 2.45) is 0 Å². The first kappa shape index (κ1) is 18.0. The van der Waals surface area contributed by atoms with E-state index in [1.807, 2.05) is 54.6 Å². The number of amides is 1. The molecule has 0 aliphatic carbocycles. The van der Waals surface area contributed by atoms with Gasteiger partial charge in [0.1, 0.15) is 5.75 Å². The molecular formula is C22H20ClNO2. The summed E-state index contributed by atoms with van der Waals surface area (Å²) in [7, 11) is 1.67. The van der Waals surface area contributed by atoms with Crippen LogP contribution < -0.4 is 10.1 Å². The lowest BCUT2D eigenvalue weighted by Gasteiger charge is -2.12. The summed E-state index contributed by atoms with van der Waals surface area (Å²) in [6.07, 6.45) is 0.790. The summed E-state index contributed by atoms with van der Waals surface area (Å²) in [5.74, 6) is 0.746. The summed E-state index contributed by atoms with van der Waals surface area (Å²) in [5, 5.41) is 3.48. The lowest BCUT2D eigenvalue weighted by atomic mass is 9.98. The standard InChI is InChI=1S/C22H20ClNO2/c1-15(25)24-20-9-6-16(7-10-20)12-17-8-11-22(26-2)21(13-17)18-4-3-5-19(23)14-18/h3-11,13-14H,12H2,1-2H3,(H,24,25). The van der Waals surface area contributed by atoms with Crippen molar-refractivity contribution in [3.8, 4) is 16.9 Å². The molecule has 1 N–H and O–H groups in total. The molecule has 1 amide bonds. The van der Waals surface area contributed by atoms with E-state index in [4.69, 9.17) is 16.3 Å². The summed E-state index contributed by atoms with van der Waals surface area (Å²) < 4.78 is 5.51. The third kappa shape index (κ3) is 4.44. The molecule has 4 heteroatoms. The minimum atomic E-state index is -0.0703. The number of ether oxygens (including phenoxy) is 1. The lowest BCUT2D eigenvalue weighted by molar-refractivity contribution is -0.114. The molecule has 3 aromatic carbocycles. The fourth-order valence-electron chi connectivity index (χ4n) is 2.89. The van der Waals surface area contributed by atoms with Crippen LogP contribution in [0.2, 0.25) is 5.02 Å². The molecule has 0 atom stereocenters. The Hall–Kier alpha value is -2.78. The fourth-order valence-corrected chi connectivity index (χ4v) is 3.08. The van der Waals surface area contributed by atoms with Crippen LogP contribution in [0.4, 0.5) is 5.69 Å². The Bertz CT molecular complexity index is 920. The van der Waals surface area contributed by atoms with Gasteiger partial charge in [0, 0.05) is 23.2 Å². The Morgan fingerprint density at radius 2 is 1.73 bits per heavy atom. The highest BCUT2D eigenvalue weighted by Crippen LogP contribution is 2.33. The second-order valence-electron chi connectivity index (χ2n) is 6.10. The zero-order chi connectivity index (χ0) is 18.5. The zero-order valence-corrected chi connectivity index (χ0v) is 15.5. The quantitative estimate of drug-likeness (QED) is 0.642. The van der Waals surface area contributed by atoms with Crippen LogP contribution in [0.25, 0.3) is 11.1 Å². The number of methoxy groups -OCH3 is 1. The van der Waals surface area contributed by atoms with E-state index in [9.17, 15) is 4.79 Å². The van der Waals surface area contributed by atoms with Crippen molar-refractivity contribution in [2.45, 2.75) is 13.3 Å². The van der Waals surface area contributed by atoms with Crippen LogP contribution in [0.15, 0.2) is 66.7 Å². The van der Waals surface area contributed by atoms with Crippen molar-refractivity contribution in [2.75, 3.05) is 12.4 Å². The van der Waals surface area contributed by atoms with E-state index < -0.39 is 0 Å². The van der Waals surface area contributed by atoms with Crippen molar-refractivity contribution in [1.29, 1.82) is 0 Å². The summed E-state index contributed by atoms with van der Waals surface area (Å²) in [6, 6.07) is 21.8. The molecule has 0 radical (unpaired) electrons. The predicted molar refractivity (Wildman–Crippen MR) is 107 cm³/mol. The first-order valence-electron chi connectivity index (χ1n) is 8.34. The molecule has 3 rings (SSSR count). The van der Waals surface area contributed by atoms with Crippen molar-refractivity contribution in [3.63, 3.8) is 0 Å². The highest BCUT2D eigenvalue weighted by Gasteiger charge is 2.08. The molecule has 0 aliphatic rings. The van der Waals surface area contributed by atoms with Gasteiger partial charge in [0.25, 0.3) is 0 Å². The largest absolute Gasteiger partial charge is 0.496 e. The molecule has 0 heterocycles. The minimum Gasteiger partial charge on any atom is -0.496 e. The molecule has 132 valence electrons. The minimum absolute atomic E-state index is 0.0703. The molecule has 0 saturated heterocycles. The van der Waals surface area contributed by atoms with E-state index in [1.54, 1.807) is 7.11 Å². The average molecular weight is 366 g/mol. The molecule has 0 spiro atoms. The van der Waals surface area contributed by atoms with Crippen molar-refractivity contribution < 1.29 is 9.53 Å². The van der Waals surface area contributed by atoms with E-state index in [0.717, 1.165) is 29.0 Å².